The lowest BCUT2D eigenvalue weighted by Gasteiger charge is -2.26. The van der Waals surface area contributed by atoms with Crippen LogP contribution in [0.4, 0.5) is 5.69 Å². The predicted molar refractivity (Wildman–Crippen MR) is 139 cm³/mol. The fourth-order valence-corrected chi connectivity index (χ4v) is 5.55. The minimum absolute atomic E-state index is 0.114. The molecule has 0 heterocycles. The maximum absolute atomic E-state index is 13.5. The minimum Gasteiger partial charge on any atom is -0.492 e. The lowest BCUT2D eigenvalue weighted by Crippen LogP contribution is -2.41. The maximum atomic E-state index is 13.5. The van der Waals surface area contributed by atoms with Crippen LogP contribution in [0, 0.1) is 6.92 Å². The highest BCUT2D eigenvalue weighted by molar-refractivity contribution is 7.98. The van der Waals surface area contributed by atoms with Gasteiger partial charge < -0.3 is 10.1 Å². The normalized spacial score (nSPS) is 11.1. The van der Waals surface area contributed by atoms with Gasteiger partial charge in [0.1, 0.15) is 12.3 Å². The molecular weight excluding hydrogens is 468 g/mol. The summed E-state index contributed by atoms with van der Waals surface area (Å²) in [6.45, 7) is 4.36. The first-order chi connectivity index (χ1) is 16.4. The van der Waals surface area contributed by atoms with Gasteiger partial charge in [0.2, 0.25) is 5.91 Å². The molecule has 0 aliphatic heterocycles. The van der Waals surface area contributed by atoms with Crippen molar-refractivity contribution in [1.82, 2.24) is 5.32 Å². The van der Waals surface area contributed by atoms with Gasteiger partial charge in [-0.25, -0.2) is 8.42 Å². The van der Waals surface area contributed by atoms with Crippen LogP contribution in [-0.2, 0) is 20.6 Å². The Morgan fingerprint density at radius 2 is 1.65 bits per heavy atom. The number of carbonyl (C=O) groups excluding carboxylic acids is 1. The summed E-state index contributed by atoms with van der Waals surface area (Å²) in [5.74, 6) is 1.61. The van der Waals surface area contributed by atoms with Crippen LogP contribution in [0.1, 0.15) is 18.1 Å². The smallest absolute Gasteiger partial charge is 0.264 e. The third-order valence-electron chi connectivity index (χ3n) is 5.01. The second-order valence-corrected chi connectivity index (χ2v) is 10.6. The van der Waals surface area contributed by atoms with Gasteiger partial charge in [-0.2, -0.15) is 11.8 Å². The molecule has 0 radical (unpaired) electrons. The zero-order valence-electron chi connectivity index (χ0n) is 19.4. The van der Waals surface area contributed by atoms with E-state index in [0.717, 1.165) is 15.8 Å². The number of anilines is 1. The first-order valence-corrected chi connectivity index (χ1v) is 13.7. The SMILES string of the molecule is CCOc1ccccc1N(CC(=O)NCCSCc1ccc(C)cc1)S(=O)(=O)c1ccccc1. The largest absolute Gasteiger partial charge is 0.492 e. The summed E-state index contributed by atoms with van der Waals surface area (Å²) in [6, 6.07) is 23.3. The highest BCUT2D eigenvalue weighted by Gasteiger charge is 2.29. The molecule has 34 heavy (non-hydrogen) atoms. The number of benzene rings is 3. The van der Waals surface area contributed by atoms with E-state index in [9.17, 15) is 13.2 Å². The van der Waals surface area contributed by atoms with Crippen molar-refractivity contribution in [2.75, 3.05) is 29.8 Å². The molecule has 0 unspecified atom stereocenters. The molecule has 8 heteroatoms. The van der Waals surface area contributed by atoms with Crippen LogP contribution in [0.2, 0.25) is 0 Å². The molecule has 0 fully saturated rings. The second-order valence-electron chi connectivity index (χ2n) is 7.61. The molecular formula is C26H30N2O4S2. The Labute approximate surface area is 206 Å². The Morgan fingerprint density at radius 3 is 2.35 bits per heavy atom. The quantitative estimate of drug-likeness (QED) is 0.368. The fraction of sp³-hybridized carbons (Fsp3) is 0.269. The predicted octanol–water partition coefficient (Wildman–Crippen LogP) is 4.64. The number of hydrogen-bond acceptors (Lipinski definition) is 5. The Bertz CT molecular complexity index is 1170. The van der Waals surface area contributed by atoms with Crippen LogP contribution in [0.3, 0.4) is 0 Å². The van der Waals surface area contributed by atoms with Gasteiger partial charge in [-0.3, -0.25) is 9.10 Å². The zero-order valence-corrected chi connectivity index (χ0v) is 21.1. The molecule has 1 amide bonds. The fourth-order valence-electron chi connectivity index (χ4n) is 3.28. The Kier molecular flexibility index (Phi) is 9.42. The van der Waals surface area contributed by atoms with E-state index in [-0.39, 0.29) is 17.3 Å². The van der Waals surface area contributed by atoms with E-state index in [4.69, 9.17) is 4.74 Å². The van der Waals surface area contributed by atoms with Crippen molar-refractivity contribution in [2.45, 2.75) is 24.5 Å². The van der Waals surface area contributed by atoms with Crippen molar-refractivity contribution in [2.24, 2.45) is 0 Å². The van der Waals surface area contributed by atoms with Gasteiger partial charge in [0.15, 0.2) is 0 Å². The zero-order chi connectivity index (χ0) is 24.4. The molecule has 0 aliphatic rings. The molecule has 3 aromatic rings. The minimum atomic E-state index is -3.98. The molecule has 180 valence electrons. The first-order valence-electron chi connectivity index (χ1n) is 11.1. The van der Waals surface area contributed by atoms with E-state index in [1.807, 2.05) is 6.92 Å². The number of para-hydroxylation sites is 2. The van der Waals surface area contributed by atoms with E-state index in [2.05, 4.69) is 36.5 Å². The summed E-state index contributed by atoms with van der Waals surface area (Å²) in [5.41, 5.74) is 2.79. The van der Waals surface area contributed by atoms with Crippen LogP contribution in [0.5, 0.6) is 5.75 Å². The summed E-state index contributed by atoms with van der Waals surface area (Å²) in [6.07, 6.45) is 0. The molecule has 3 rings (SSSR count). The number of nitrogens with zero attached hydrogens (tertiary/aromatic N) is 1. The topological polar surface area (TPSA) is 75.7 Å². The van der Waals surface area contributed by atoms with Crippen molar-refractivity contribution < 1.29 is 17.9 Å². The number of sulfonamides is 1. The van der Waals surface area contributed by atoms with Crippen LogP contribution < -0.4 is 14.4 Å². The van der Waals surface area contributed by atoms with Crippen LogP contribution in [-0.4, -0.2) is 39.8 Å². The molecule has 3 aromatic carbocycles. The molecule has 0 aliphatic carbocycles. The van der Waals surface area contributed by atoms with Gasteiger partial charge in [-0.05, 0) is 43.7 Å². The number of carbonyl (C=O) groups is 1. The molecule has 0 spiro atoms. The highest BCUT2D eigenvalue weighted by Crippen LogP contribution is 2.32. The van der Waals surface area contributed by atoms with Gasteiger partial charge in [0, 0.05) is 18.1 Å². The molecule has 0 saturated carbocycles. The van der Waals surface area contributed by atoms with Crippen molar-refractivity contribution >= 4 is 33.4 Å². The second kappa shape index (κ2) is 12.5. The summed E-state index contributed by atoms with van der Waals surface area (Å²) in [7, 11) is -3.98. The van der Waals surface area contributed by atoms with Crippen LogP contribution in [0.15, 0.2) is 83.8 Å². The Morgan fingerprint density at radius 1 is 0.971 bits per heavy atom. The highest BCUT2D eigenvalue weighted by atomic mass is 32.2. The van der Waals surface area contributed by atoms with Crippen molar-refractivity contribution in [3.8, 4) is 5.75 Å². The number of hydrogen-bond donors (Lipinski definition) is 1. The summed E-state index contributed by atoms with van der Waals surface area (Å²) in [5, 5.41) is 2.85. The number of ether oxygens (including phenoxy) is 1. The Balaban J connectivity index is 1.68. The van der Waals surface area contributed by atoms with Gasteiger partial charge >= 0.3 is 0 Å². The monoisotopic (exact) mass is 498 g/mol. The third kappa shape index (κ3) is 7.01. The van der Waals surface area contributed by atoms with E-state index in [0.29, 0.717) is 24.6 Å². The van der Waals surface area contributed by atoms with Gasteiger partial charge in [0.05, 0.1) is 17.2 Å². The Hall–Kier alpha value is -2.97. The summed E-state index contributed by atoms with van der Waals surface area (Å²) >= 11 is 1.71. The lowest BCUT2D eigenvalue weighted by molar-refractivity contribution is -0.119. The first kappa shape index (κ1) is 25.6. The van der Waals surface area contributed by atoms with Crippen molar-refractivity contribution in [3.63, 3.8) is 0 Å². The molecule has 6 nitrogen and oxygen atoms in total. The van der Waals surface area contributed by atoms with E-state index < -0.39 is 10.0 Å². The van der Waals surface area contributed by atoms with E-state index in [1.54, 1.807) is 54.2 Å². The average Bonchev–Trinajstić information content (AvgIpc) is 2.85. The lowest BCUT2D eigenvalue weighted by atomic mass is 10.2. The van der Waals surface area contributed by atoms with Crippen LogP contribution >= 0.6 is 11.8 Å². The number of rotatable bonds is 12. The number of aryl methyl sites for hydroxylation is 1. The van der Waals surface area contributed by atoms with Crippen molar-refractivity contribution in [1.29, 1.82) is 0 Å². The van der Waals surface area contributed by atoms with Gasteiger partial charge in [0.25, 0.3) is 10.0 Å². The number of amides is 1. The molecule has 0 bridgehead atoms. The van der Waals surface area contributed by atoms with E-state index in [1.165, 1.54) is 23.3 Å². The summed E-state index contributed by atoms with van der Waals surface area (Å²) < 4.78 is 33.7. The van der Waals surface area contributed by atoms with Crippen molar-refractivity contribution in [3.05, 3.63) is 90.0 Å². The molecule has 0 atom stereocenters. The van der Waals surface area contributed by atoms with Gasteiger partial charge in [-0.1, -0.05) is 60.2 Å². The maximum Gasteiger partial charge on any atom is 0.264 e. The van der Waals surface area contributed by atoms with E-state index >= 15 is 0 Å². The summed E-state index contributed by atoms with van der Waals surface area (Å²) in [4.78, 5) is 12.9. The number of thioether (sulfide) groups is 1. The van der Waals surface area contributed by atoms with Gasteiger partial charge in [-0.15, -0.1) is 0 Å². The molecule has 0 saturated heterocycles. The third-order valence-corrected chi connectivity index (χ3v) is 7.81. The average molecular weight is 499 g/mol. The van der Waals surface area contributed by atoms with Crippen LogP contribution in [0.25, 0.3) is 0 Å². The standard InChI is InChI=1S/C26H30N2O4S2/c1-3-32-25-12-8-7-11-24(25)28(34(30,31)23-9-5-4-6-10-23)19-26(29)27-17-18-33-20-22-15-13-21(2)14-16-22/h4-16H,3,17-20H2,1-2H3,(H,27,29). The molecule has 1 N–H and O–H groups in total. The number of nitrogens with one attached hydrogen (secondary N) is 1. The molecule has 0 aromatic heterocycles.